The molecule has 2 N–H and O–H groups in total. The number of rotatable bonds is 6. The van der Waals surface area contributed by atoms with Gasteiger partial charge in [0.2, 0.25) is 0 Å². The van der Waals surface area contributed by atoms with E-state index in [9.17, 15) is 9.18 Å². The Morgan fingerprint density at radius 1 is 1.25 bits per heavy atom. The monoisotopic (exact) mass is 310 g/mol. The van der Waals surface area contributed by atoms with E-state index in [0.29, 0.717) is 12.2 Å². The Bertz CT molecular complexity index is 529. The van der Waals surface area contributed by atoms with Crippen molar-refractivity contribution in [3.63, 3.8) is 0 Å². The molecule has 2 amide bonds. The molecule has 0 atom stereocenters. The molecule has 6 heteroatoms. The number of anilines is 1. The lowest BCUT2D eigenvalue weighted by Gasteiger charge is -2.07. The molecule has 0 saturated carbocycles. The number of hydrogen-bond acceptors (Lipinski definition) is 3. The van der Waals surface area contributed by atoms with Gasteiger partial charge in [-0.3, -0.25) is 0 Å². The maximum atomic E-state index is 12.7. The topological polar surface area (TPSA) is 41.1 Å². The van der Waals surface area contributed by atoms with Gasteiger partial charge in [0, 0.05) is 28.6 Å². The summed E-state index contributed by atoms with van der Waals surface area (Å²) in [6.07, 6.45) is 0. The molecule has 0 spiro atoms. The van der Waals surface area contributed by atoms with Gasteiger partial charge in [-0.15, -0.1) is 11.3 Å². The second-order valence-electron chi connectivity index (χ2n) is 4.02. The van der Waals surface area contributed by atoms with Crippen LogP contribution in [0.4, 0.5) is 14.9 Å². The van der Waals surface area contributed by atoms with Gasteiger partial charge in [-0.2, -0.15) is 11.8 Å². The van der Waals surface area contributed by atoms with Crippen molar-refractivity contribution in [1.29, 1.82) is 0 Å². The number of carbonyl (C=O) groups excluding carboxylic acids is 1. The number of thiophene rings is 1. The van der Waals surface area contributed by atoms with Crippen molar-refractivity contribution in [3.05, 3.63) is 52.5 Å². The number of amides is 2. The van der Waals surface area contributed by atoms with Crippen LogP contribution in [0, 0.1) is 5.82 Å². The van der Waals surface area contributed by atoms with Gasteiger partial charge in [-0.05, 0) is 35.7 Å². The first-order valence-corrected chi connectivity index (χ1v) is 8.18. The molecule has 2 rings (SSSR count). The van der Waals surface area contributed by atoms with Gasteiger partial charge >= 0.3 is 6.03 Å². The smallest absolute Gasteiger partial charge is 0.319 e. The van der Waals surface area contributed by atoms with Crippen molar-refractivity contribution in [2.45, 2.75) is 5.75 Å². The maximum Gasteiger partial charge on any atom is 0.319 e. The van der Waals surface area contributed by atoms with Gasteiger partial charge in [-0.1, -0.05) is 6.07 Å². The summed E-state index contributed by atoms with van der Waals surface area (Å²) in [6, 6.07) is 9.55. The second kappa shape index (κ2) is 7.91. The summed E-state index contributed by atoms with van der Waals surface area (Å²) in [7, 11) is 0. The van der Waals surface area contributed by atoms with Gasteiger partial charge < -0.3 is 10.6 Å². The number of nitrogens with one attached hydrogen (secondary N) is 2. The summed E-state index contributed by atoms with van der Waals surface area (Å²) < 4.78 is 12.7. The fourth-order valence-corrected chi connectivity index (χ4v) is 3.21. The van der Waals surface area contributed by atoms with Crippen LogP contribution in [0.3, 0.4) is 0 Å². The van der Waals surface area contributed by atoms with E-state index in [1.807, 2.05) is 6.07 Å². The summed E-state index contributed by atoms with van der Waals surface area (Å²) in [6.45, 7) is 0.600. The minimum absolute atomic E-state index is 0.270. The molecule has 20 heavy (non-hydrogen) atoms. The Hall–Kier alpha value is -1.53. The number of carbonyl (C=O) groups is 1. The molecule has 1 heterocycles. The number of hydrogen-bond donors (Lipinski definition) is 2. The van der Waals surface area contributed by atoms with Crippen LogP contribution in [0.15, 0.2) is 41.8 Å². The fraction of sp³-hybridized carbons (Fsp3) is 0.214. The Labute approximate surface area is 125 Å². The zero-order valence-electron chi connectivity index (χ0n) is 10.8. The molecule has 106 valence electrons. The third-order valence-corrected chi connectivity index (χ3v) is 4.53. The highest BCUT2D eigenvalue weighted by molar-refractivity contribution is 7.98. The van der Waals surface area contributed by atoms with E-state index < -0.39 is 0 Å². The molecule has 0 aliphatic rings. The molecule has 0 unspecified atom stereocenters. The molecular formula is C14H15FN2OS2. The molecule has 0 aliphatic heterocycles. The molecule has 0 saturated heterocycles. The second-order valence-corrected chi connectivity index (χ2v) is 6.16. The first kappa shape index (κ1) is 14.9. The first-order valence-electron chi connectivity index (χ1n) is 6.14. The van der Waals surface area contributed by atoms with E-state index in [-0.39, 0.29) is 11.8 Å². The zero-order valence-corrected chi connectivity index (χ0v) is 12.4. The van der Waals surface area contributed by atoms with E-state index in [0.717, 1.165) is 11.5 Å². The quantitative estimate of drug-likeness (QED) is 0.793. The van der Waals surface area contributed by atoms with E-state index in [2.05, 4.69) is 22.1 Å². The van der Waals surface area contributed by atoms with Gasteiger partial charge in [0.05, 0.1) is 0 Å². The molecule has 0 aliphatic carbocycles. The highest BCUT2D eigenvalue weighted by Gasteiger charge is 2.01. The maximum absolute atomic E-state index is 12.7. The van der Waals surface area contributed by atoms with Crippen molar-refractivity contribution in [2.24, 2.45) is 0 Å². The number of halogens is 1. The minimum Gasteiger partial charge on any atom is -0.337 e. The molecule has 3 nitrogen and oxygen atoms in total. The normalized spacial score (nSPS) is 10.2. The molecule has 0 fully saturated rings. The predicted octanol–water partition coefficient (Wildman–Crippen LogP) is 3.94. The van der Waals surface area contributed by atoms with E-state index in [4.69, 9.17) is 0 Å². The standard InChI is InChI=1S/C14H15FN2OS2/c15-11-3-5-12(6-4-11)17-14(18)16-7-9-19-10-13-2-1-8-20-13/h1-6,8H,7,9-10H2,(H2,16,17,18). The lowest BCUT2D eigenvalue weighted by molar-refractivity contribution is 0.252. The summed E-state index contributed by atoms with van der Waals surface area (Å²) in [4.78, 5) is 12.9. The molecule has 1 aromatic heterocycles. The van der Waals surface area contributed by atoms with E-state index in [1.54, 1.807) is 23.1 Å². The lowest BCUT2D eigenvalue weighted by atomic mass is 10.3. The average Bonchev–Trinajstić information content (AvgIpc) is 2.94. The van der Waals surface area contributed by atoms with Gasteiger partial charge in [0.25, 0.3) is 0 Å². The van der Waals surface area contributed by atoms with Crippen molar-refractivity contribution < 1.29 is 9.18 Å². The van der Waals surface area contributed by atoms with Gasteiger partial charge in [0.15, 0.2) is 0 Å². The molecule has 0 radical (unpaired) electrons. The summed E-state index contributed by atoms with van der Waals surface area (Å²) in [5.41, 5.74) is 0.579. The van der Waals surface area contributed by atoms with Crippen LogP contribution in [0.5, 0.6) is 0 Å². The average molecular weight is 310 g/mol. The zero-order chi connectivity index (χ0) is 14.2. The Morgan fingerprint density at radius 2 is 2.05 bits per heavy atom. The van der Waals surface area contributed by atoms with Crippen molar-refractivity contribution in [3.8, 4) is 0 Å². The Kier molecular flexibility index (Phi) is 5.88. The summed E-state index contributed by atoms with van der Waals surface area (Å²) >= 11 is 3.52. The summed E-state index contributed by atoms with van der Waals surface area (Å²) in [5.74, 6) is 1.51. The molecule has 0 bridgehead atoms. The van der Waals surface area contributed by atoms with Crippen LogP contribution in [0.25, 0.3) is 0 Å². The number of urea groups is 1. The highest BCUT2D eigenvalue weighted by Crippen LogP contribution is 2.16. The minimum atomic E-state index is -0.319. The molecule has 2 aromatic rings. The van der Waals surface area contributed by atoms with Crippen LogP contribution in [-0.4, -0.2) is 18.3 Å². The van der Waals surface area contributed by atoms with E-state index in [1.165, 1.54) is 29.1 Å². The Morgan fingerprint density at radius 3 is 2.75 bits per heavy atom. The van der Waals surface area contributed by atoms with Crippen LogP contribution >= 0.6 is 23.1 Å². The van der Waals surface area contributed by atoms with Crippen LogP contribution in [0.1, 0.15) is 4.88 Å². The molecule has 1 aromatic carbocycles. The van der Waals surface area contributed by atoms with Crippen molar-refractivity contribution >= 4 is 34.8 Å². The number of thioether (sulfide) groups is 1. The largest absolute Gasteiger partial charge is 0.337 e. The first-order chi connectivity index (χ1) is 9.74. The molecular weight excluding hydrogens is 295 g/mol. The van der Waals surface area contributed by atoms with Gasteiger partial charge in [-0.25, -0.2) is 9.18 Å². The highest BCUT2D eigenvalue weighted by atomic mass is 32.2. The third-order valence-electron chi connectivity index (χ3n) is 2.46. The van der Waals surface area contributed by atoms with Crippen LogP contribution in [-0.2, 0) is 5.75 Å². The van der Waals surface area contributed by atoms with Crippen molar-refractivity contribution in [1.82, 2.24) is 5.32 Å². The fourth-order valence-electron chi connectivity index (χ4n) is 1.51. The van der Waals surface area contributed by atoms with Crippen LogP contribution in [0.2, 0.25) is 0 Å². The lowest BCUT2D eigenvalue weighted by Crippen LogP contribution is -2.30. The van der Waals surface area contributed by atoms with Crippen molar-refractivity contribution in [2.75, 3.05) is 17.6 Å². The van der Waals surface area contributed by atoms with Gasteiger partial charge in [0.1, 0.15) is 5.82 Å². The SMILES string of the molecule is O=C(NCCSCc1cccs1)Nc1ccc(F)cc1. The predicted molar refractivity (Wildman–Crippen MR) is 83.9 cm³/mol. The summed E-state index contributed by atoms with van der Waals surface area (Å²) in [5, 5.41) is 7.47. The number of benzene rings is 1. The van der Waals surface area contributed by atoms with Crippen LogP contribution < -0.4 is 10.6 Å². The third kappa shape index (κ3) is 5.22. The Balaban J connectivity index is 1.59. The van der Waals surface area contributed by atoms with E-state index >= 15 is 0 Å².